The van der Waals surface area contributed by atoms with Crippen LogP contribution in [-0.2, 0) is 0 Å². The number of hydrogen-bond acceptors (Lipinski definition) is 4. The monoisotopic (exact) mass is 358 g/mol. The van der Waals surface area contributed by atoms with Crippen LogP contribution in [0.1, 0.15) is 18.5 Å². The average Bonchev–Trinajstić information content (AvgIpc) is 2.44. The van der Waals surface area contributed by atoms with Crippen molar-refractivity contribution in [2.75, 3.05) is 32.8 Å². The van der Waals surface area contributed by atoms with E-state index in [1.807, 2.05) is 0 Å². The van der Waals surface area contributed by atoms with Gasteiger partial charge in [-0.1, -0.05) is 6.07 Å². The number of hydrogen-bond donors (Lipinski definition) is 2. The third-order valence-corrected chi connectivity index (χ3v) is 3.41. The van der Waals surface area contributed by atoms with Crippen LogP contribution in [0.2, 0.25) is 0 Å². The highest BCUT2D eigenvalue weighted by Gasteiger charge is 2.30. The van der Waals surface area contributed by atoms with Crippen molar-refractivity contribution in [3.05, 3.63) is 23.8 Å². The van der Waals surface area contributed by atoms with Crippen LogP contribution in [0.5, 0.6) is 11.5 Å². The van der Waals surface area contributed by atoms with E-state index >= 15 is 0 Å². The predicted octanol–water partition coefficient (Wildman–Crippen LogP) is 2.85. The van der Waals surface area contributed by atoms with E-state index in [1.165, 1.54) is 18.2 Å². The van der Waals surface area contributed by atoms with E-state index < -0.39 is 12.5 Å². The minimum Gasteiger partial charge on any atom is -0.504 e. The normalized spacial score (nSPS) is 16.5. The van der Waals surface area contributed by atoms with Crippen LogP contribution < -0.4 is 10.1 Å². The molecule has 22 heavy (non-hydrogen) atoms. The number of aromatic hydroxyl groups is 1. The Morgan fingerprint density at radius 1 is 1.27 bits per heavy atom. The SMILES string of the molecule is CCOc1cc([C@@H](C(F)F)N2CCNCC2)ccc1O.Cl.Cl. The lowest BCUT2D eigenvalue weighted by atomic mass is 10.0. The summed E-state index contributed by atoms with van der Waals surface area (Å²) in [6, 6.07) is 3.50. The van der Waals surface area contributed by atoms with Crippen molar-refractivity contribution >= 4 is 24.8 Å². The Morgan fingerprint density at radius 2 is 1.91 bits per heavy atom. The van der Waals surface area contributed by atoms with Gasteiger partial charge in [-0.25, -0.2) is 8.78 Å². The maximum atomic E-state index is 13.4. The first kappa shape index (κ1) is 21.2. The van der Waals surface area contributed by atoms with Crippen molar-refractivity contribution in [1.29, 1.82) is 0 Å². The Hall–Kier alpha value is -0.820. The first-order chi connectivity index (χ1) is 9.63. The van der Waals surface area contributed by atoms with Gasteiger partial charge < -0.3 is 15.2 Å². The van der Waals surface area contributed by atoms with Crippen LogP contribution in [0.3, 0.4) is 0 Å². The van der Waals surface area contributed by atoms with Crippen LogP contribution in [0.25, 0.3) is 0 Å². The molecule has 0 saturated carbocycles. The van der Waals surface area contributed by atoms with Crippen LogP contribution in [0.15, 0.2) is 18.2 Å². The zero-order valence-corrected chi connectivity index (χ0v) is 13.9. The fourth-order valence-electron chi connectivity index (χ4n) is 2.46. The number of halogens is 4. The van der Waals surface area contributed by atoms with Crippen LogP contribution in [-0.4, -0.2) is 49.2 Å². The van der Waals surface area contributed by atoms with E-state index in [2.05, 4.69) is 5.32 Å². The molecule has 1 saturated heterocycles. The zero-order valence-electron chi connectivity index (χ0n) is 12.3. The van der Waals surface area contributed by atoms with Gasteiger partial charge in [0.15, 0.2) is 11.5 Å². The molecule has 0 aliphatic carbocycles. The quantitative estimate of drug-likeness (QED) is 0.849. The summed E-state index contributed by atoms with van der Waals surface area (Å²) in [4.78, 5) is 1.77. The van der Waals surface area contributed by atoms with Gasteiger partial charge in [0.1, 0.15) is 0 Å². The van der Waals surface area contributed by atoms with Gasteiger partial charge in [0.25, 0.3) is 6.43 Å². The number of benzene rings is 1. The highest BCUT2D eigenvalue weighted by atomic mass is 35.5. The summed E-state index contributed by atoms with van der Waals surface area (Å²) < 4.78 is 32.1. The summed E-state index contributed by atoms with van der Waals surface area (Å²) in [6.07, 6.45) is -2.48. The van der Waals surface area contributed by atoms with Gasteiger partial charge in [-0.2, -0.15) is 0 Å². The highest BCUT2D eigenvalue weighted by molar-refractivity contribution is 5.85. The number of phenolic OH excluding ortho intramolecular Hbond substituents is 1. The minimum atomic E-state index is -2.48. The molecule has 1 aromatic rings. The zero-order chi connectivity index (χ0) is 14.5. The average molecular weight is 359 g/mol. The molecule has 0 radical (unpaired) electrons. The Morgan fingerprint density at radius 3 is 2.45 bits per heavy atom. The Labute approximate surface area is 141 Å². The van der Waals surface area contributed by atoms with Crippen LogP contribution in [0.4, 0.5) is 8.78 Å². The molecule has 1 aromatic carbocycles. The van der Waals surface area contributed by atoms with Crippen molar-refractivity contribution in [1.82, 2.24) is 10.2 Å². The van der Waals surface area contributed by atoms with Crippen molar-refractivity contribution in [3.8, 4) is 11.5 Å². The van der Waals surface area contributed by atoms with Gasteiger partial charge in [0, 0.05) is 26.2 Å². The number of nitrogens with zero attached hydrogens (tertiary/aromatic N) is 1. The maximum Gasteiger partial charge on any atom is 0.258 e. The molecule has 2 N–H and O–H groups in total. The molecule has 128 valence electrons. The van der Waals surface area contributed by atoms with E-state index in [0.29, 0.717) is 38.3 Å². The largest absolute Gasteiger partial charge is 0.504 e. The first-order valence-corrected chi connectivity index (χ1v) is 6.82. The number of phenols is 1. The van der Waals surface area contributed by atoms with Gasteiger partial charge in [-0.15, -0.1) is 24.8 Å². The molecule has 2 rings (SSSR count). The molecule has 0 aromatic heterocycles. The van der Waals surface area contributed by atoms with Crippen molar-refractivity contribution in [2.24, 2.45) is 0 Å². The van der Waals surface area contributed by atoms with Gasteiger partial charge in [0.05, 0.1) is 12.6 Å². The summed E-state index contributed by atoms with van der Waals surface area (Å²) >= 11 is 0. The highest BCUT2D eigenvalue weighted by Crippen LogP contribution is 2.34. The van der Waals surface area contributed by atoms with Gasteiger partial charge >= 0.3 is 0 Å². The third kappa shape index (κ3) is 5.12. The number of alkyl halides is 2. The smallest absolute Gasteiger partial charge is 0.258 e. The van der Waals surface area contributed by atoms with Crippen molar-refractivity contribution in [3.63, 3.8) is 0 Å². The number of rotatable bonds is 5. The molecule has 8 heteroatoms. The number of ether oxygens (including phenoxy) is 1. The molecular formula is C14H22Cl2F2N2O2. The molecule has 1 aliphatic heterocycles. The second-order valence-corrected chi connectivity index (χ2v) is 4.73. The molecule has 4 nitrogen and oxygen atoms in total. The molecule has 0 spiro atoms. The summed E-state index contributed by atoms with van der Waals surface area (Å²) in [5.74, 6) is 0.231. The molecule has 1 atom stereocenters. The first-order valence-electron chi connectivity index (χ1n) is 6.82. The van der Waals surface area contributed by atoms with Crippen LogP contribution in [0, 0.1) is 0 Å². The lowest BCUT2D eigenvalue weighted by Crippen LogP contribution is -2.46. The molecule has 0 amide bonds. The van der Waals surface area contributed by atoms with Crippen molar-refractivity contribution < 1.29 is 18.6 Å². The van der Waals surface area contributed by atoms with E-state index in [0.717, 1.165) is 0 Å². The van der Waals surface area contributed by atoms with Crippen molar-refractivity contribution in [2.45, 2.75) is 19.4 Å². The van der Waals surface area contributed by atoms with E-state index in [-0.39, 0.29) is 36.3 Å². The van der Waals surface area contributed by atoms with E-state index in [1.54, 1.807) is 11.8 Å². The third-order valence-electron chi connectivity index (χ3n) is 3.41. The molecule has 0 bridgehead atoms. The van der Waals surface area contributed by atoms with Gasteiger partial charge in [-0.05, 0) is 24.6 Å². The minimum absolute atomic E-state index is 0. The lowest BCUT2D eigenvalue weighted by molar-refractivity contribution is 0.0180. The molecule has 1 heterocycles. The summed E-state index contributed by atoms with van der Waals surface area (Å²) in [5, 5.41) is 12.8. The molecular weight excluding hydrogens is 337 g/mol. The van der Waals surface area contributed by atoms with Crippen LogP contribution >= 0.6 is 24.8 Å². The fourth-order valence-corrected chi connectivity index (χ4v) is 2.46. The van der Waals surface area contributed by atoms with Gasteiger partial charge in [0.2, 0.25) is 0 Å². The molecule has 1 aliphatic rings. The summed E-state index contributed by atoms with van der Waals surface area (Å²) in [7, 11) is 0. The Balaban J connectivity index is 0.00000220. The second kappa shape index (κ2) is 10.0. The number of nitrogens with one attached hydrogen (secondary N) is 1. The molecule has 0 unspecified atom stereocenters. The van der Waals surface area contributed by atoms with Gasteiger partial charge in [-0.3, -0.25) is 4.90 Å². The van der Waals surface area contributed by atoms with E-state index in [4.69, 9.17) is 4.74 Å². The molecule has 1 fully saturated rings. The second-order valence-electron chi connectivity index (χ2n) is 4.73. The maximum absolute atomic E-state index is 13.4. The Kier molecular flexibility index (Phi) is 9.67. The Bertz CT molecular complexity index is 447. The standard InChI is InChI=1S/C14H20F2N2O2.2ClH/c1-2-20-12-9-10(3-4-11(12)19)13(14(15)16)18-7-5-17-6-8-18;;/h3-4,9,13-14,17,19H,2,5-8H2,1H3;2*1H/t13-;;/m0../s1. The lowest BCUT2D eigenvalue weighted by Gasteiger charge is -2.34. The topological polar surface area (TPSA) is 44.7 Å². The summed E-state index contributed by atoms with van der Waals surface area (Å²) in [5.41, 5.74) is 0.475. The fraction of sp³-hybridized carbons (Fsp3) is 0.571. The van der Waals surface area contributed by atoms with E-state index in [9.17, 15) is 13.9 Å². The summed E-state index contributed by atoms with van der Waals surface area (Å²) in [6.45, 7) is 4.75. The number of piperazine rings is 1. The predicted molar refractivity (Wildman–Crippen MR) is 87.0 cm³/mol.